The lowest BCUT2D eigenvalue weighted by molar-refractivity contribution is 0.0696. The van der Waals surface area contributed by atoms with Crippen LogP contribution in [0.2, 0.25) is 0 Å². The molecule has 2 nitrogen and oxygen atoms in total. The Morgan fingerprint density at radius 3 is 2.42 bits per heavy atom. The summed E-state index contributed by atoms with van der Waals surface area (Å²) in [7, 11) is 0. The summed E-state index contributed by atoms with van der Waals surface area (Å²) in [6.07, 6.45) is 0. The quantitative estimate of drug-likeness (QED) is 0.697. The van der Waals surface area contributed by atoms with Crippen molar-refractivity contribution in [2.75, 3.05) is 0 Å². The number of benzene rings is 1. The van der Waals surface area contributed by atoms with E-state index < -0.39 is 5.97 Å². The van der Waals surface area contributed by atoms with Crippen molar-refractivity contribution in [2.24, 2.45) is 0 Å². The average Bonchev–Trinajstić information content (AvgIpc) is 1.96. The predicted octanol–water partition coefficient (Wildman–Crippen LogP) is 2.14. The summed E-state index contributed by atoms with van der Waals surface area (Å²) in [5, 5.41) is 8.66. The molecule has 1 aromatic rings. The fourth-order valence-corrected chi connectivity index (χ4v) is 1.01. The fraction of sp³-hybridized carbons (Fsp3) is 0.222. The highest BCUT2D eigenvalue weighted by atomic mass is 19.1. The van der Waals surface area contributed by atoms with Gasteiger partial charge in [0.25, 0.3) is 0 Å². The first kappa shape index (κ1) is 8.71. The van der Waals surface area contributed by atoms with Gasteiger partial charge in [-0.15, -0.1) is 0 Å². The van der Waals surface area contributed by atoms with Crippen LogP contribution < -0.4 is 0 Å². The van der Waals surface area contributed by atoms with Gasteiger partial charge in [0, 0.05) is 0 Å². The van der Waals surface area contributed by atoms with Crippen molar-refractivity contribution in [2.45, 2.75) is 13.8 Å². The van der Waals surface area contributed by atoms with Crippen molar-refractivity contribution in [3.05, 3.63) is 34.6 Å². The first-order chi connectivity index (χ1) is 5.52. The van der Waals surface area contributed by atoms with E-state index >= 15 is 0 Å². The molecule has 0 aliphatic heterocycles. The van der Waals surface area contributed by atoms with Crippen LogP contribution in [0.25, 0.3) is 0 Å². The normalized spacial score (nSPS) is 9.92. The lowest BCUT2D eigenvalue weighted by atomic mass is 10.1. The monoisotopic (exact) mass is 168 g/mol. The van der Waals surface area contributed by atoms with Gasteiger partial charge in [-0.3, -0.25) is 0 Å². The predicted molar refractivity (Wildman–Crippen MR) is 42.8 cm³/mol. The number of hydrogen-bond donors (Lipinski definition) is 1. The number of carboxylic acids is 1. The highest BCUT2D eigenvalue weighted by molar-refractivity contribution is 5.89. The fourth-order valence-electron chi connectivity index (χ4n) is 1.01. The van der Waals surface area contributed by atoms with Gasteiger partial charge in [-0.25, -0.2) is 9.18 Å². The zero-order chi connectivity index (χ0) is 9.30. The summed E-state index contributed by atoms with van der Waals surface area (Å²) in [6, 6.07) is 2.58. The number of hydrogen-bond acceptors (Lipinski definition) is 1. The molecular weight excluding hydrogens is 159 g/mol. The summed E-state index contributed by atoms with van der Waals surface area (Å²) < 4.78 is 12.8. The van der Waals surface area contributed by atoms with E-state index in [1.807, 2.05) is 0 Å². The first-order valence-electron chi connectivity index (χ1n) is 3.52. The number of carboxylic acid groups (broad SMARTS) is 1. The molecule has 0 aliphatic carbocycles. The number of rotatable bonds is 1. The molecule has 0 aliphatic rings. The summed E-state index contributed by atoms with van der Waals surface area (Å²) in [6.45, 7) is 3.12. The summed E-state index contributed by atoms with van der Waals surface area (Å²) in [4.78, 5) is 10.6. The zero-order valence-electron chi connectivity index (χ0n) is 6.89. The van der Waals surface area contributed by atoms with Crippen LogP contribution in [0.15, 0.2) is 12.1 Å². The Labute approximate surface area is 69.6 Å². The van der Waals surface area contributed by atoms with Crippen molar-refractivity contribution in [3.63, 3.8) is 0 Å². The maximum Gasteiger partial charge on any atom is 0.335 e. The molecule has 1 aromatic carbocycles. The van der Waals surface area contributed by atoms with E-state index in [0.717, 1.165) is 0 Å². The second-order valence-electron chi connectivity index (χ2n) is 2.72. The van der Waals surface area contributed by atoms with Gasteiger partial charge in [-0.2, -0.15) is 0 Å². The minimum atomic E-state index is -1.02. The Hall–Kier alpha value is -1.38. The summed E-state index contributed by atoms with van der Waals surface area (Å²) in [5.74, 6) is -1.38. The topological polar surface area (TPSA) is 37.3 Å². The van der Waals surface area contributed by atoms with Crippen LogP contribution in [0.5, 0.6) is 0 Å². The van der Waals surface area contributed by atoms with E-state index in [-0.39, 0.29) is 11.4 Å². The van der Waals surface area contributed by atoms with Gasteiger partial charge >= 0.3 is 5.97 Å². The van der Waals surface area contributed by atoms with E-state index in [1.54, 1.807) is 13.8 Å². The molecule has 0 saturated heterocycles. The summed E-state index contributed by atoms with van der Waals surface area (Å²) in [5.41, 5.74) is 0.970. The van der Waals surface area contributed by atoms with Gasteiger partial charge < -0.3 is 5.11 Å². The van der Waals surface area contributed by atoms with Gasteiger partial charge in [0.2, 0.25) is 0 Å². The Balaban J connectivity index is 3.33. The Bertz CT molecular complexity index is 332. The molecule has 0 amide bonds. The third-order valence-electron chi connectivity index (χ3n) is 1.74. The molecule has 12 heavy (non-hydrogen) atoms. The van der Waals surface area contributed by atoms with Crippen molar-refractivity contribution in [1.82, 2.24) is 0 Å². The highest BCUT2D eigenvalue weighted by Gasteiger charge is 2.09. The van der Waals surface area contributed by atoms with E-state index in [4.69, 9.17) is 5.11 Å². The van der Waals surface area contributed by atoms with Crippen LogP contribution in [0.3, 0.4) is 0 Å². The zero-order valence-corrected chi connectivity index (χ0v) is 6.89. The van der Waals surface area contributed by atoms with Crippen LogP contribution in [0.4, 0.5) is 4.39 Å². The third kappa shape index (κ3) is 1.44. The van der Waals surface area contributed by atoms with Crippen LogP contribution in [-0.4, -0.2) is 11.1 Å². The minimum Gasteiger partial charge on any atom is -0.478 e. The molecule has 0 saturated carbocycles. The molecule has 0 unspecified atom stereocenters. The summed E-state index contributed by atoms with van der Waals surface area (Å²) >= 11 is 0. The molecule has 0 radical (unpaired) electrons. The molecule has 0 aromatic heterocycles. The Kier molecular flexibility index (Phi) is 2.13. The lowest BCUT2D eigenvalue weighted by Gasteiger charge is -2.02. The van der Waals surface area contributed by atoms with E-state index in [0.29, 0.717) is 11.1 Å². The van der Waals surface area contributed by atoms with Gasteiger partial charge in [0.1, 0.15) is 5.82 Å². The number of aryl methyl sites for hydroxylation is 2. The molecule has 0 heterocycles. The molecule has 3 heteroatoms. The van der Waals surface area contributed by atoms with E-state index in [1.165, 1.54) is 12.1 Å². The molecule has 1 N–H and O–H groups in total. The van der Waals surface area contributed by atoms with Gasteiger partial charge in [-0.1, -0.05) is 0 Å². The highest BCUT2D eigenvalue weighted by Crippen LogP contribution is 2.14. The standard InChI is InChI=1S/C9H9FO2/c1-5-4-8(10)6(2)3-7(5)9(11)12/h3-4H,1-2H3,(H,11,12). The van der Waals surface area contributed by atoms with Crippen LogP contribution in [-0.2, 0) is 0 Å². The van der Waals surface area contributed by atoms with Gasteiger partial charge in [0.15, 0.2) is 0 Å². The molecule has 64 valence electrons. The largest absolute Gasteiger partial charge is 0.478 e. The van der Waals surface area contributed by atoms with Crippen LogP contribution >= 0.6 is 0 Å². The Morgan fingerprint density at radius 1 is 1.33 bits per heavy atom. The maximum atomic E-state index is 12.8. The SMILES string of the molecule is Cc1cc(C(=O)O)c(C)cc1F. The van der Waals surface area contributed by atoms with Crippen molar-refractivity contribution in [3.8, 4) is 0 Å². The first-order valence-corrected chi connectivity index (χ1v) is 3.52. The van der Waals surface area contributed by atoms with Crippen molar-refractivity contribution in [1.29, 1.82) is 0 Å². The number of aromatic carboxylic acids is 1. The minimum absolute atomic E-state index is 0.161. The van der Waals surface area contributed by atoms with Crippen LogP contribution in [0.1, 0.15) is 21.5 Å². The molecule has 0 spiro atoms. The number of halogens is 1. The second-order valence-corrected chi connectivity index (χ2v) is 2.72. The van der Waals surface area contributed by atoms with Gasteiger partial charge in [0.05, 0.1) is 5.56 Å². The molecule has 0 bridgehead atoms. The van der Waals surface area contributed by atoms with Gasteiger partial charge in [-0.05, 0) is 37.1 Å². The molecule has 0 fully saturated rings. The smallest absolute Gasteiger partial charge is 0.335 e. The lowest BCUT2D eigenvalue weighted by Crippen LogP contribution is -2.01. The Morgan fingerprint density at radius 2 is 1.92 bits per heavy atom. The van der Waals surface area contributed by atoms with E-state index in [9.17, 15) is 9.18 Å². The molecule has 1 rings (SSSR count). The van der Waals surface area contributed by atoms with Crippen molar-refractivity contribution >= 4 is 5.97 Å². The number of carbonyl (C=O) groups is 1. The molecular formula is C9H9FO2. The van der Waals surface area contributed by atoms with Crippen LogP contribution in [0, 0.1) is 19.7 Å². The van der Waals surface area contributed by atoms with Crippen molar-refractivity contribution < 1.29 is 14.3 Å². The average molecular weight is 168 g/mol. The molecule has 0 atom stereocenters. The third-order valence-corrected chi connectivity index (χ3v) is 1.74. The second kappa shape index (κ2) is 2.93. The van der Waals surface area contributed by atoms with E-state index in [2.05, 4.69) is 0 Å². The maximum absolute atomic E-state index is 12.8.